The molecule has 0 spiro atoms. The molecule has 4 nitrogen and oxygen atoms in total. The molecule has 0 saturated heterocycles. The minimum atomic E-state index is -0.202. The Balaban J connectivity index is 3.73. The summed E-state index contributed by atoms with van der Waals surface area (Å²) in [5.74, 6) is 0. The second-order valence-corrected chi connectivity index (χ2v) is 5.48. The molecule has 0 aliphatic rings. The third-order valence-electron chi connectivity index (χ3n) is 2.93. The van der Waals surface area contributed by atoms with E-state index in [2.05, 4.69) is 19.2 Å². The zero-order chi connectivity index (χ0) is 13.4. The number of carbonyl (C=O) groups is 1. The molecule has 0 fully saturated rings. The summed E-state index contributed by atoms with van der Waals surface area (Å²) in [5.41, 5.74) is -0.100. The van der Waals surface area contributed by atoms with Gasteiger partial charge in [0.15, 0.2) is 0 Å². The van der Waals surface area contributed by atoms with E-state index in [-0.39, 0.29) is 17.7 Å². The number of ether oxygens (including phenoxy) is 2. The summed E-state index contributed by atoms with van der Waals surface area (Å²) in [4.78, 5) is 10.1. The number of rotatable bonds is 10. The van der Waals surface area contributed by atoms with Gasteiger partial charge in [-0.25, -0.2) is 0 Å². The van der Waals surface area contributed by atoms with Crippen molar-refractivity contribution in [1.82, 2.24) is 5.32 Å². The van der Waals surface area contributed by atoms with E-state index < -0.39 is 0 Å². The Morgan fingerprint density at radius 2 is 1.76 bits per heavy atom. The van der Waals surface area contributed by atoms with Crippen molar-refractivity contribution in [2.45, 2.75) is 51.7 Å². The predicted octanol–water partition coefficient (Wildman–Crippen LogP) is 1.78. The number of aldehydes is 1. The smallest absolute Gasteiger partial charge is 0.145 e. The van der Waals surface area contributed by atoms with Crippen molar-refractivity contribution in [2.75, 3.05) is 26.9 Å². The summed E-state index contributed by atoms with van der Waals surface area (Å²) < 4.78 is 11.0. The van der Waals surface area contributed by atoms with Crippen LogP contribution in [0.5, 0.6) is 0 Å². The highest BCUT2D eigenvalue weighted by Crippen LogP contribution is 2.17. The summed E-state index contributed by atoms with van der Waals surface area (Å²) in [7, 11) is 1.96. The van der Waals surface area contributed by atoms with Crippen LogP contribution in [-0.4, -0.2) is 44.3 Å². The summed E-state index contributed by atoms with van der Waals surface area (Å²) in [6.07, 6.45) is 2.52. The van der Waals surface area contributed by atoms with Gasteiger partial charge in [0.25, 0.3) is 0 Å². The van der Waals surface area contributed by atoms with Crippen molar-refractivity contribution in [3.05, 3.63) is 0 Å². The Morgan fingerprint density at radius 1 is 1.12 bits per heavy atom. The molecule has 0 atom stereocenters. The molecule has 0 aromatic rings. The lowest BCUT2D eigenvalue weighted by Crippen LogP contribution is -2.38. The van der Waals surface area contributed by atoms with Crippen LogP contribution in [0, 0.1) is 0 Å². The predicted molar refractivity (Wildman–Crippen MR) is 69.3 cm³/mol. The Morgan fingerprint density at radius 3 is 2.29 bits per heavy atom. The molecule has 0 rings (SSSR count). The van der Waals surface area contributed by atoms with Crippen molar-refractivity contribution in [2.24, 2.45) is 0 Å². The molecule has 102 valence electrons. The topological polar surface area (TPSA) is 47.6 Å². The van der Waals surface area contributed by atoms with E-state index in [0.29, 0.717) is 13.2 Å². The molecule has 0 bridgehead atoms. The van der Waals surface area contributed by atoms with Crippen LogP contribution in [0.3, 0.4) is 0 Å². The first-order valence-corrected chi connectivity index (χ1v) is 6.17. The van der Waals surface area contributed by atoms with E-state index in [9.17, 15) is 4.79 Å². The molecule has 0 unspecified atom stereocenters. The number of nitrogens with one attached hydrogen (secondary N) is 1. The molecule has 0 radical (unpaired) electrons. The van der Waals surface area contributed by atoms with Gasteiger partial charge in [0.1, 0.15) is 12.9 Å². The van der Waals surface area contributed by atoms with Crippen LogP contribution in [0.25, 0.3) is 0 Å². The molecular weight excluding hydrogens is 218 g/mol. The number of hydrogen-bond acceptors (Lipinski definition) is 4. The van der Waals surface area contributed by atoms with Crippen molar-refractivity contribution in [3.8, 4) is 0 Å². The van der Waals surface area contributed by atoms with Crippen molar-refractivity contribution >= 4 is 6.29 Å². The first kappa shape index (κ1) is 16.6. The zero-order valence-electron chi connectivity index (χ0n) is 11.8. The Labute approximate surface area is 105 Å². The lowest BCUT2D eigenvalue weighted by Gasteiger charge is -2.29. The molecule has 0 heterocycles. The van der Waals surface area contributed by atoms with Crippen molar-refractivity contribution in [3.63, 3.8) is 0 Å². The van der Waals surface area contributed by atoms with E-state index in [1.165, 1.54) is 0 Å². The van der Waals surface area contributed by atoms with Gasteiger partial charge in [-0.05, 0) is 47.6 Å². The number of carbonyl (C=O) groups excluding carboxylic acids is 1. The average molecular weight is 245 g/mol. The minimum absolute atomic E-state index is 0.101. The minimum Gasteiger partial charge on any atom is -0.375 e. The summed E-state index contributed by atoms with van der Waals surface area (Å²) in [5, 5.41) is 3.24. The van der Waals surface area contributed by atoms with Crippen LogP contribution in [0.15, 0.2) is 0 Å². The molecule has 0 aliphatic carbocycles. The Bertz CT molecular complexity index is 215. The van der Waals surface area contributed by atoms with Gasteiger partial charge >= 0.3 is 0 Å². The van der Waals surface area contributed by atoms with Gasteiger partial charge in [-0.1, -0.05) is 0 Å². The molecular formula is C13H27NO3. The highest BCUT2D eigenvalue weighted by atomic mass is 16.5. The zero-order valence-corrected chi connectivity index (χ0v) is 11.8. The molecule has 0 saturated carbocycles. The first-order valence-electron chi connectivity index (χ1n) is 6.17. The maximum absolute atomic E-state index is 10.1. The number of hydrogen-bond donors (Lipinski definition) is 1. The van der Waals surface area contributed by atoms with Gasteiger partial charge in [0.05, 0.1) is 5.60 Å². The second kappa shape index (κ2) is 7.80. The quantitative estimate of drug-likeness (QED) is 0.471. The fourth-order valence-corrected chi connectivity index (χ4v) is 1.23. The lowest BCUT2D eigenvalue weighted by atomic mass is 10.0. The van der Waals surface area contributed by atoms with Gasteiger partial charge in [-0.2, -0.15) is 0 Å². The maximum Gasteiger partial charge on any atom is 0.145 e. The monoisotopic (exact) mass is 245 g/mol. The van der Waals surface area contributed by atoms with E-state index >= 15 is 0 Å². The van der Waals surface area contributed by atoms with E-state index in [1.54, 1.807) is 0 Å². The van der Waals surface area contributed by atoms with E-state index in [4.69, 9.17) is 9.47 Å². The second-order valence-electron chi connectivity index (χ2n) is 5.48. The van der Waals surface area contributed by atoms with Crippen LogP contribution in [-0.2, 0) is 14.3 Å². The maximum atomic E-state index is 10.1. The molecule has 4 heteroatoms. The van der Waals surface area contributed by atoms with Crippen LogP contribution in [0.1, 0.15) is 40.5 Å². The van der Waals surface area contributed by atoms with Crippen LogP contribution in [0.2, 0.25) is 0 Å². The van der Waals surface area contributed by atoms with Crippen LogP contribution >= 0.6 is 0 Å². The molecule has 17 heavy (non-hydrogen) atoms. The van der Waals surface area contributed by atoms with Gasteiger partial charge in [-0.3, -0.25) is 0 Å². The molecule has 0 amide bonds. The molecule has 0 aromatic heterocycles. The third kappa shape index (κ3) is 9.27. The Kier molecular flexibility index (Phi) is 7.59. The van der Waals surface area contributed by atoms with Crippen LogP contribution < -0.4 is 5.32 Å². The Hall–Kier alpha value is -0.450. The van der Waals surface area contributed by atoms with Gasteiger partial charge < -0.3 is 19.6 Å². The highest BCUT2D eigenvalue weighted by molar-refractivity contribution is 5.50. The van der Waals surface area contributed by atoms with Crippen molar-refractivity contribution in [1.29, 1.82) is 0 Å². The summed E-state index contributed by atoms with van der Waals surface area (Å²) in [6, 6.07) is 0. The SMILES string of the molecule is CNC(C)(C)CCOC(C)(C)CCOCC=O. The van der Waals surface area contributed by atoms with Gasteiger partial charge in [0, 0.05) is 18.8 Å². The standard InChI is InChI=1S/C13H27NO3/c1-12(2,14-5)6-10-17-13(3,4)7-9-16-11-8-15/h8,14H,6-7,9-11H2,1-5H3. The third-order valence-corrected chi connectivity index (χ3v) is 2.93. The summed E-state index contributed by atoms with van der Waals surface area (Å²) in [6.45, 7) is 9.83. The van der Waals surface area contributed by atoms with Crippen LogP contribution in [0.4, 0.5) is 0 Å². The molecule has 1 N–H and O–H groups in total. The fraction of sp³-hybridized carbons (Fsp3) is 0.923. The van der Waals surface area contributed by atoms with E-state index in [0.717, 1.165) is 19.1 Å². The highest BCUT2D eigenvalue weighted by Gasteiger charge is 2.20. The van der Waals surface area contributed by atoms with Gasteiger partial charge in [-0.15, -0.1) is 0 Å². The fourth-order valence-electron chi connectivity index (χ4n) is 1.23. The first-order chi connectivity index (χ1) is 7.83. The van der Waals surface area contributed by atoms with Crippen molar-refractivity contribution < 1.29 is 14.3 Å². The summed E-state index contributed by atoms with van der Waals surface area (Å²) >= 11 is 0. The normalized spacial score (nSPS) is 12.8. The molecule has 0 aromatic carbocycles. The van der Waals surface area contributed by atoms with Gasteiger partial charge in [0.2, 0.25) is 0 Å². The lowest BCUT2D eigenvalue weighted by molar-refractivity contribution is -0.112. The largest absolute Gasteiger partial charge is 0.375 e. The average Bonchev–Trinajstić information content (AvgIpc) is 2.24. The van der Waals surface area contributed by atoms with E-state index in [1.807, 2.05) is 20.9 Å². The molecule has 0 aliphatic heterocycles.